The van der Waals surface area contributed by atoms with Gasteiger partial charge in [-0.2, -0.15) is 0 Å². The summed E-state index contributed by atoms with van der Waals surface area (Å²) in [6.07, 6.45) is 4.11. The van der Waals surface area contributed by atoms with Gasteiger partial charge in [0.2, 0.25) is 5.91 Å². The molecular weight excluding hydrogens is 268 g/mol. The molecule has 114 valence electrons. The third-order valence-corrected chi connectivity index (χ3v) is 4.17. The van der Waals surface area contributed by atoms with Gasteiger partial charge in [-0.25, -0.2) is 4.98 Å². The number of amides is 1. The van der Waals surface area contributed by atoms with Crippen LogP contribution in [0.15, 0.2) is 12.3 Å². The molecule has 0 unspecified atom stereocenters. The van der Waals surface area contributed by atoms with E-state index in [1.165, 1.54) is 0 Å². The highest BCUT2D eigenvalue weighted by molar-refractivity contribution is 6.01. The molecule has 0 atom stereocenters. The summed E-state index contributed by atoms with van der Waals surface area (Å²) in [4.78, 5) is 18.3. The third-order valence-electron chi connectivity index (χ3n) is 4.17. The zero-order valence-electron chi connectivity index (χ0n) is 12.6. The highest BCUT2D eigenvalue weighted by Gasteiger charge is 2.40. The average molecular weight is 290 g/mol. The Morgan fingerprint density at radius 2 is 2.24 bits per heavy atom. The van der Waals surface area contributed by atoms with Crippen LogP contribution in [0.5, 0.6) is 5.75 Å². The zero-order chi connectivity index (χ0) is 15.0. The van der Waals surface area contributed by atoms with Crippen molar-refractivity contribution < 1.29 is 14.6 Å². The van der Waals surface area contributed by atoms with Crippen molar-refractivity contribution >= 4 is 11.7 Å². The molecule has 1 N–H and O–H groups in total. The number of ether oxygens (including phenoxy) is 1. The summed E-state index contributed by atoms with van der Waals surface area (Å²) in [6.45, 7) is 4.99. The second kappa shape index (κ2) is 5.64. The smallest absolute Gasteiger partial charge is 0.232 e. The van der Waals surface area contributed by atoms with Crippen LogP contribution in [0, 0.1) is 5.92 Å². The van der Waals surface area contributed by atoms with Crippen LogP contribution >= 0.6 is 0 Å². The predicted octanol–water partition coefficient (Wildman–Crippen LogP) is 1.92. The van der Waals surface area contributed by atoms with E-state index in [1.54, 1.807) is 11.1 Å². The molecule has 5 nitrogen and oxygen atoms in total. The van der Waals surface area contributed by atoms with Gasteiger partial charge in [-0.15, -0.1) is 0 Å². The maximum absolute atomic E-state index is 12.2. The molecule has 1 aromatic rings. The molecule has 0 bridgehead atoms. The molecule has 0 radical (unpaired) electrons. The van der Waals surface area contributed by atoms with Gasteiger partial charge >= 0.3 is 0 Å². The van der Waals surface area contributed by atoms with Crippen molar-refractivity contribution in [2.45, 2.75) is 51.7 Å². The van der Waals surface area contributed by atoms with Crippen LogP contribution in [0.1, 0.15) is 38.7 Å². The maximum Gasteiger partial charge on any atom is 0.232 e. The quantitative estimate of drug-likeness (QED) is 0.900. The van der Waals surface area contributed by atoms with Gasteiger partial charge in [0.15, 0.2) is 0 Å². The van der Waals surface area contributed by atoms with E-state index in [0.29, 0.717) is 31.8 Å². The number of carbonyl (C=O) groups excluding carboxylic acids is 1. The van der Waals surface area contributed by atoms with Crippen molar-refractivity contribution in [2.75, 3.05) is 11.5 Å². The molecule has 21 heavy (non-hydrogen) atoms. The van der Waals surface area contributed by atoms with Crippen LogP contribution in [0.25, 0.3) is 0 Å². The van der Waals surface area contributed by atoms with E-state index in [2.05, 4.69) is 18.8 Å². The Kier molecular flexibility index (Phi) is 3.85. The van der Waals surface area contributed by atoms with Crippen LogP contribution < -0.4 is 9.64 Å². The van der Waals surface area contributed by atoms with E-state index < -0.39 is 0 Å². The van der Waals surface area contributed by atoms with Crippen LogP contribution in [-0.4, -0.2) is 34.8 Å². The summed E-state index contributed by atoms with van der Waals surface area (Å²) >= 11 is 0. The number of pyridine rings is 1. The summed E-state index contributed by atoms with van der Waals surface area (Å²) in [7, 11) is 0. The van der Waals surface area contributed by atoms with Crippen molar-refractivity contribution in [2.24, 2.45) is 5.92 Å². The van der Waals surface area contributed by atoms with Crippen molar-refractivity contribution in [3.8, 4) is 5.75 Å². The summed E-state index contributed by atoms with van der Waals surface area (Å²) in [6, 6.07) is 2.03. The Labute approximate surface area is 124 Å². The maximum atomic E-state index is 12.2. The fourth-order valence-electron chi connectivity index (χ4n) is 2.83. The molecule has 3 rings (SSSR count). The second-order valence-electron chi connectivity index (χ2n) is 6.40. The Morgan fingerprint density at radius 3 is 2.90 bits per heavy atom. The Morgan fingerprint density at radius 1 is 1.48 bits per heavy atom. The SMILES string of the molecule is CC(C)CCOc1cnc2c(c1)CC(=O)N2C1CC(O)C1. The first-order chi connectivity index (χ1) is 10.0. The normalized spacial score (nSPS) is 24.2. The van der Waals surface area contributed by atoms with Gasteiger partial charge in [0.1, 0.15) is 11.6 Å². The number of rotatable bonds is 5. The first-order valence-electron chi connectivity index (χ1n) is 7.66. The lowest BCUT2D eigenvalue weighted by molar-refractivity contribution is -0.118. The number of hydrogen-bond donors (Lipinski definition) is 1. The fraction of sp³-hybridized carbons (Fsp3) is 0.625. The number of hydrogen-bond acceptors (Lipinski definition) is 4. The molecule has 1 saturated carbocycles. The van der Waals surface area contributed by atoms with Gasteiger partial charge in [0.25, 0.3) is 0 Å². The number of carbonyl (C=O) groups is 1. The van der Waals surface area contributed by atoms with Crippen molar-refractivity contribution in [1.82, 2.24) is 4.98 Å². The second-order valence-corrected chi connectivity index (χ2v) is 6.40. The average Bonchev–Trinajstić information content (AvgIpc) is 2.70. The third kappa shape index (κ3) is 2.88. The first kappa shape index (κ1) is 14.3. The minimum absolute atomic E-state index is 0.0775. The van der Waals surface area contributed by atoms with Crippen molar-refractivity contribution in [3.05, 3.63) is 17.8 Å². The summed E-state index contributed by atoms with van der Waals surface area (Å²) < 4.78 is 5.70. The molecule has 2 aliphatic rings. The molecule has 0 spiro atoms. The molecule has 1 aliphatic heterocycles. The Bertz CT molecular complexity index is 538. The minimum Gasteiger partial charge on any atom is -0.492 e. The van der Waals surface area contributed by atoms with Crippen LogP contribution in [0.2, 0.25) is 0 Å². The van der Waals surface area contributed by atoms with Crippen molar-refractivity contribution in [3.63, 3.8) is 0 Å². The van der Waals surface area contributed by atoms with Crippen LogP contribution in [0.3, 0.4) is 0 Å². The van der Waals surface area contributed by atoms with Gasteiger partial charge < -0.3 is 9.84 Å². The first-order valence-corrected chi connectivity index (χ1v) is 7.66. The number of anilines is 1. The molecule has 1 amide bonds. The van der Waals surface area contributed by atoms with E-state index in [1.807, 2.05) is 6.07 Å². The van der Waals surface area contributed by atoms with E-state index in [0.717, 1.165) is 23.6 Å². The van der Waals surface area contributed by atoms with Gasteiger partial charge in [0, 0.05) is 11.6 Å². The van der Waals surface area contributed by atoms with Crippen LogP contribution in [-0.2, 0) is 11.2 Å². The molecule has 5 heteroatoms. The highest BCUT2D eigenvalue weighted by atomic mass is 16.5. The number of aliphatic hydroxyl groups is 1. The van der Waals surface area contributed by atoms with Gasteiger partial charge in [0.05, 0.1) is 25.3 Å². The highest BCUT2D eigenvalue weighted by Crippen LogP contribution is 2.36. The number of aromatic nitrogens is 1. The lowest BCUT2D eigenvalue weighted by atomic mass is 9.88. The van der Waals surface area contributed by atoms with Gasteiger partial charge in [-0.1, -0.05) is 13.8 Å². The number of aliphatic hydroxyl groups excluding tert-OH is 1. The molecule has 1 aliphatic carbocycles. The van der Waals surface area contributed by atoms with Gasteiger partial charge in [-0.3, -0.25) is 9.69 Å². The molecule has 0 aromatic carbocycles. The molecule has 2 heterocycles. The summed E-state index contributed by atoms with van der Waals surface area (Å²) in [5, 5.41) is 9.42. The standard InChI is InChI=1S/C16H22N2O3/c1-10(2)3-4-21-14-5-11-6-15(20)18(16(11)17-9-14)12-7-13(19)8-12/h5,9-10,12-13,19H,3-4,6-8H2,1-2H3. The monoisotopic (exact) mass is 290 g/mol. The van der Waals surface area contributed by atoms with Crippen LogP contribution in [0.4, 0.5) is 5.82 Å². The molecule has 1 fully saturated rings. The lowest BCUT2D eigenvalue weighted by Crippen LogP contribution is -2.49. The number of fused-ring (bicyclic) bond motifs is 1. The lowest BCUT2D eigenvalue weighted by Gasteiger charge is -2.38. The number of nitrogens with zero attached hydrogens (tertiary/aromatic N) is 2. The van der Waals surface area contributed by atoms with Gasteiger partial charge in [-0.05, 0) is 31.2 Å². The van der Waals surface area contributed by atoms with E-state index in [4.69, 9.17) is 4.74 Å². The largest absolute Gasteiger partial charge is 0.492 e. The summed E-state index contributed by atoms with van der Waals surface area (Å²) in [5.41, 5.74) is 0.934. The Hall–Kier alpha value is -1.62. The fourth-order valence-corrected chi connectivity index (χ4v) is 2.83. The summed E-state index contributed by atoms with van der Waals surface area (Å²) in [5.74, 6) is 2.16. The Balaban J connectivity index is 1.69. The molecule has 1 aromatic heterocycles. The van der Waals surface area contributed by atoms with E-state index in [9.17, 15) is 9.90 Å². The molecular formula is C16H22N2O3. The predicted molar refractivity (Wildman–Crippen MR) is 79.4 cm³/mol. The topological polar surface area (TPSA) is 62.7 Å². The minimum atomic E-state index is -0.273. The van der Waals surface area contributed by atoms with E-state index in [-0.39, 0.29) is 18.1 Å². The van der Waals surface area contributed by atoms with E-state index >= 15 is 0 Å². The molecule has 0 saturated heterocycles. The zero-order valence-corrected chi connectivity index (χ0v) is 12.6. The van der Waals surface area contributed by atoms with Crippen molar-refractivity contribution in [1.29, 1.82) is 0 Å².